The minimum absolute atomic E-state index is 0.515. The third kappa shape index (κ3) is 1.97. The number of nitrogens with zero attached hydrogens (tertiary/aromatic N) is 2. The minimum atomic E-state index is 0.515. The van der Waals surface area contributed by atoms with Crippen LogP contribution in [0.3, 0.4) is 0 Å². The van der Waals surface area contributed by atoms with Gasteiger partial charge in [-0.2, -0.15) is 0 Å². The summed E-state index contributed by atoms with van der Waals surface area (Å²) in [5.41, 5.74) is 3.13. The first-order chi connectivity index (χ1) is 8.25. The number of fused-ring (bicyclic) bond motifs is 1. The second-order valence-corrected chi connectivity index (χ2v) is 5.66. The number of hydrogen-bond acceptors (Lipinski definition) is 3. The molecule has 17 heavy (non-hydrogen) atoms. The first-order valence-electron chi connectivity index (χ1n) is 4.89. The van der Waals surface area contributed by atoms with Gasteiger partial charge in [-0.25, -0.2) is 9.97 Å². The normalized spacial score (nSPS) is 10.9. The highest BCUT2D eigenvalue weighted by Gasteiger charge is 2.10. The van der Waals surface area contributed by atoms with Crippen molar-refractivity contribution in [2.45, 2.75) is 0 Å². The largest absolute Gasteiger partial charge is 0.235 e. The Morgan fingerprint density at radius 1 is 1.24 bits per heavy atom. The van der Waals surface area contributed by atoms with Crippen LogP contribution in [-0.2, 0) is 0 Å². The number of rotatable bonds is 1. The molecule has 0 N–H and O–H groups in total. The van der Waals surface area contributed by atoms with E-state index >= 15 is 0 Å². The van der Waals surface area contributed by atoms with Crippen LogP contribution in [0, 0.1) is 0 Å². The lowest BCUT2D eigenvalue weighted by atomic mass is 10.1. The molecule has 0 fully saturated rings. The smallest absolute Gasteiger partial charge is 0.150 e. The Kier molecular flexibility index (Phi) is 2.86. The number of thiophene rings is 1. The van der Waals surface area contributed by atoms with Gasteiger partial charge in [0.15, 0.2) is 0 Å². The van der Waals surface area contributed by atoms with E-state index in [9.17, 15) is 0 Å². The molecule has 0 saturated heterocycles. The number of hydrogen-bond donors (Lipinski definition) is 0. The molecule has 0 amide bonds. The quantitative estimate of drug-likeness (QED) is 0.602. The van der Waals surface area contributed by atoms with Crippen LogP contribution in [0.25, 0.3) is 21.3 Å². The fraction of sp³-hybridized carbons (Fsp3) is 0. The number of benzene rings is 1. The Morgan fingerprint density at radius 3 is 2.94 bits per heavy atom. The van der Waals surface area contributed by atoms with E-state index in [1.807, 2.05) is 12.1 Å². The molecule has 0 aliphatic rings. The molecule has 0 atom stereocenters. The molecule has 0 bridgehead atoms. The van der Waals surface area contributed by atoms with Gasteiger partial charge in [-0.3, -0.25) is 0 Å². The summed E-state index contributed by atoms with van der Waals surface area (Å²) in [6.45, 7) is 0. The van der Waals surface area contributed by atoms with Gasteiger partial charge >= 0.3 is 0 Å². The average molecular weight is 326 g/mol. The standard InChI is InChI=1S/C12H6BrClN2S/c13-8-3-1-2-7(4-8)9-5-17-11-10(9)15-6-16-12(11)14/h1-6H. The van der Waals surface area contributed by atoms with Crippen LogP contribution in [-0.4, -0.2) is 9.97 Å². The molecule has 3 rings (SSSR count). The molecule has 1 aromatic carbocycles. The fourth-order valence-electron chi connectivity index (χ4n) is 1.68. The van der Waals surface area contributed by atoms with Gasteiger partial charge in [-0.05, 0) is 17.7 Å². The maximum absolute atomic E-state index is 6.04. The second kappa shape index (κ2) is 4.37. The molecule has 3 aromatic rings. The van der Waals surface area contributed by atoms with Crippen LogP contribution in [0.15, 0.2) is 40.4 Å². The molecule has 0 radical (unpaired) electrons. The van der Waals surface area contributed by atoms with E-state index in [2.05, 4.69) is 43.4 Å². The molecule has 2 nitrogen and oxygen atoms in total. The first kappa shape index (κ1) is 11.1. The van der Waals surface area contributed by atoms with E-state index < -0.39 is 0 Å². The molecule has 5 heteroatoms. The van der Waals surface area contributed by atoms with Gasteiger partial charge in [-0.1, -0.05) is 39.7 Å². The molecule has 84 valence electrons. The van der Waals surface area contributed by atoms with Crippen molar-refractivity contribution >= 4 is 49.1 Å². The average Bonchev–Trinajstić information content (AvgIpc) is 2.74. The van der Waals surface area contributed by atoms with E-state index in [0.29, 0.717) is 5.15 Å². The van der Waals surface area contributed by atoms with Gasteiger partial charge in [0, 0.05) is 15.4 Å². The topological polar surface area (TPSA) is 25.8 Å². The van der Waals surface area contributed by atoms with Crippen molar-refractivity contribution < 1.29 is 0 Å². The third-order valence-corrected chi connectivity index (χ3v) is 4.31. The van der Waals surface area contributed by atoms with Crippen LogP contribution >= 0.6 is 38.9 Å². The number of halogens is 2. The Labute approximate surface area is 115 Å². The van der Waals surface area contributed by atoms with Crippen molar-refractivity contribution in [3.63, 3.8) is 0 Å². The highest BCUT2D eigenvalue weighted by atomic mass is 79.9. The lowest BCUT2D eigenvalue weighted by Gasteiger charge is -2.00. The van der Waals surface area contributed by atoms with E-state index in [-0.39, 0.29) is 0 Å². The number of aromatic nitrogens is 2. The maximum atomic E-state index is 6.04. The van der Waals surface area contributed by atoms with Crippen LogP contribution in [0.1, 0.15) is 0 Å². The van der Waals surface area contributed by atoms with Crippen molar-refractivity contribution in [1.82, 2.24) is 9.97 Å². The summed E-state index contributed by atoms with van der Waals surface area (Å²) in [5, 5.41) is 2.58. The second-order valence-electron chi connectivity index (χ2n) is 3.50. The van der Waals surface area contributed by atoms with Crippen LogP contribution in [0.4, 0.5) is 0 Å². The van der Waals surface area contributed by atoms with E-state index in [1.54, 1.807) is 11.3 Å². The van der Waals surface area contributed by atoms with Crippen LogP contribution in [0.2, 0.25) is 5.15 Å². The van der Waals surface area contributed by atoms with Gasteiger partial charge in [0.05, 0.1) is 10.2 Å². The highest BCUT2D eigenvalue weighted by molar-refractivity contribution is 9.10. The molecule has 0 spiro atoms. The molecular formula is C12H6BrClN2S. The fourth-order valence-corrected chi connectivity index (χ4v) is 3.26. The third-order valence-electron chi connectivity index (χ3n) is 2.45. The van der Waals surface area contributed by atoms with Gasteiger partial charge in [0.1, 0.15) is 11.5 Å². The zero-order valence-corrected chi connectivity index (χ0v) is 11.7. The molecule has 0 aliphatic heterocycles. The lowest BCUT2D eigenvalue weighted by molar-refractivity contribution is 1.23. The summed E-state index contributed by atoms with van der Waals surface area (Å²) >= 11 is 11.1. The Hall–Kier alpha value is -0.970. The summed E-state index contributed by atoms with van der Waals surface area (Å²) in [7, 11) is 0. The van der Waals surface area contributed by atoms with E-state index in [1.165, 1.54) is 6.33 Å². The van der Waals surface area contributed by atoms with Crippen molar-refractivity contribution in [2.24, 2.45) is 0 Å². The molecule has 2 heterocycles. The lowest BCUT2D eigenvalue weighted by Crippen LogP contribution is -1.81. The minimum Gasteiger partial charge on any atom is -0.235 e. The Balaban J connectivity index is 2.28. The zero-order chi connectivity index (χ0) is 11.8. The summed E-state index contributed by atoms with van der Waals surface area (Å²) in [5.74, 6) is 0. The summed E-state index contributed by atoms with van der Waals surface area (Å²) in [6.07, 6.45) is 1.50. The molecular weight excluding hydrogens is 320 g/mol. The van der Waals surface area contributed by atoms with Crippen molar-refractivity contribution in [3.05, 3.63) is 45.6 Å². The van der Waals surface area contributed by atoms with E-state index in [0.717, 1.165) is 25.8 Å². The summed E-state index contributed by atoms with van der Waals surface area (Å²) < 4.78 is 1.98. The van der Waals surface area contributed by atoms with Gasteiger partial charge < -0.3 is 0 Å². The predicted molar refractivity (Wildman–Crippen MR) is 75.6 cm³/mol. The summed E-state index contributed by atoms with van der Waals surface area (Å²) in [6, 6.07) is 8.13. The van der Waals surface area contributed by atoms with Crippen LogP contribution < -0.4 is 0 Å². The Bertz CT molecular complexity index is 696. The van der Waals surface area contributed by atoms with Crippen molar-refractivity contribution in [1.29, 1.82) is 0 Å². The molecule has 0 saturated carbocycles. The van der Waals surface area contributed by atoms with Gasteiger partial charge in [-0.15, -0.1) is 11.3 Å². The monoisotopic (exact) mass is 324 g/mol. The van der Waals surface area contributed by atoms with Crippen molar-refractivity contribution in [2.75, 3.05) is 0 Å². The van der Waals surface area contributed by atoms with Gasteiger partial charge in [0.2, 0.25) is 0 Å². The van der Waals surface area contributed by atoms with Crippen LogP contribution in [0.5, 0.6) is 0 Å². The van der Waals surface area contributed by atoms with Gasteiger partial charge in [0.25, 0.3) is 0 Å². The van der Waals surface area contributed by atoms with Crippen molar-refractivity contribution in [3.8, 4) is 11.1 Å². The first-order valence-corrected chi connectivity index (χ1v) is 6.94. The van der Waals surface area contributed by atoms with E-state index in [4.69, 9.17) is 11.6 Å². The zero-order valence-electron chi connectivity index (χ0n) is 8.52. The molecule has 0 aliphatic carbocycles. The summed E-state index contributed by atoms with van der Waals surface area (Å²) in [4.78, 5) is 8.29. The Morgan fingerprint density at radius 2 is 2.12 bits per heavy atom. The molecule has 0 unspecified atom stereocenters. The molecule has 2 aromatic heterocycles. The predicted octanol–water partition coefficient (Wildman–Crippen LogP) is 4.77. The maximum Gasteiger partial charge on any atom is 0.150 e. The highest BCUT2D eigenvalue weighted by Crippen LogP contribution is 2.35. The SMILES string of the molecule is Clc1ncnc2c(-c3cccc(Br)c3)csc12.